The molecule has 2 aromatic carbocycles. The number of nitrogens with one attached hydrogen (secondary N) is 1. The zero-order chi connectivity index (χ0) is 27.7. The van der Waals surface area contributed by atoms with Gasteiger partial charge in [0.05, 0.1) is 31.4 Å². The van der Waals surface area contributed by atoms with Gasteiger partial charge in [0.25, 0.3) is 0 Å². The number of thioether (sulfide) groups is 1. The molecule has 2 fully saturated rings. The van der Waals surface area contributed by atoms with Crippen LogP contribution in [0.25, 0.3) is 0 Å². The van der Waals surface area contributed by atoms with E-state index in [2.05, 4.69) is 10.3 Å². The molecule has 2 unspecified atom stereocenters. The Balaban J connectivity index is 1.48. The van der Waals surface area contributed by atoms with Gasteiger partial charge in [0.1, 0.15) is 11.4 Å². The minimum absolute atomic E-state index is 0.0737. The molecule has 0 radical (unpaired) electrons. The third kappa shape index (κ3) is 5.88. The fourth-order valence-electron chi connectivity index (χ4n) is 4.19. The summed E-state index contributed by atoms with van der Waals surface area (Å²) < 4.78 is 94.6. The van der Waals surface area contributed by atoms with Gasteiger partial charge in [0.15, 0.2) is 16.7 Å². The molecular formula is C25H24F6N2O4S. The second-order valence-electron chi connectivity index (χ2n) is 8.65. The highest BCUT2D eigenvalue weighted by Crippen LogP contribution is 2.63. The van der Waals surface area contributed by atoms with Gasteiger partial charge in [-0.25, -0.2) is 0 Å². The molecule has 38 heavy (non-hydrogen) atoms. The van der Waals surface area contributed by atoms with Crippen LogP contribution in [0.3, 0.4) is 0 Å². The topological polar surface area (TPSA) is 69.2 Å². The van der Waals surface area contributed by atoms with Crippen LogP contribution in [0.4, 0.5) is 26.3 Å². The van der Waals surface area contributed by atoms with Gasteiger partial charge in [0.2, 0.25) is 5.91 Å². The number of alkyl halides is 6. The Kier molecular flexibility index (Phi) is 7.89. The molecule has 0 bridgehead atoms. The first-order valence-electron chi connectivity index (χ1n) is 11.6. The average molecular weight is 563 g/mol. The Morgan fingerprint density at radius 1 is 1.08 bits per heavy atom. The zero-order valence-corrected chi connectivity index (χ0v) is 21.1. The number of amides is 1. The van der Waals surface area contributed by atoms with E-state index in [0.29, 0.717) is 37.4 Å². The van der Waals surface area contributed by atoms with Crippen molar-refractivity contribution in [3.8, 4) is 11.5 Å². The lowest BCUT2D eigenvalue weighted by Gasteiger charge is -2.17. The number of nitrogens with zero attached hydrogens (tertiary/aromatic N) is 1. The second-order valence-corrected chi connectivity index (χ2v) is 9.97. The molecule has 1 aliphatic heterocycles. The van der Waals surface area contributed by atoms with Crippen LogP contribution in [0.5, 0.6) is 11.5 Å². The maximum atomic E-state index is 13.4. The van der Waals surface area contributed by atoms with E-state index in [0.717, 1.165) is 11.6 Å². The molecular weight excluding hydrogens is 538 g/mol. The van der Waals surface area contributed by atoms with E-state index in [-0.39, 0.29) is 29.4 Å². The van der Waals surface area contributed by atoms with E-state index in [4.69, 9.17) is 14.2 Å². The Morgan fingerprint density at radius 2 is 1.84 bits per heavy atom. The van der Waals surface area contributed by atoms with Crippen LogP contribution >= 0.6 is 11.8 Å². The molecule has 1 aliphatic carbocycles. The number of aliphatic imine (C=N–C) groups is 1. The normalized spacial score (nSPS) is 22.2. The number of halogens is 6. The minimum atomic E-state index is -5.00. The van der Waals surface area contributed by atoms with Crippen molar-refractivity contribution in [2.45, 2.75) is 43.0 Å². The molecule has 1 spiro atoms. The van der Waals surface area contributed by atoms with Gasteiger partial charge in [-0.15, -0.1) is 0 Å². The smallest absolute Gasteiger partial charge is 0.416 e. The van der Waals surface area contributed by atoms with Crippen LogP contribution < -0.4 is 14.8 Å². The van der Waals surface area contributed by atoms with Crippen molar-refractivity contribution in [1.29, 1.82) is 0 Å². The van der Waals surface area contributed by atoms with Crippen LogP contribution in [0.15, 0.2) is 41.4 Å². The van der Waals surface area contributed by atoms with Gasteiger partial charge in [-0.05, 0) is 43.2 Å². The van der Waals surface area contributed by atoms with Crippen LogP contribution in [0.1, 0.15) is 41.5 Å². The number of methoxy groups -OCH3 is 1. The maximum Gasteiger partial charge on any atom is 0.416 e. The Hall–Kier alpha value is -2.93. The average Bonchev–Trinajstić information content (AvgIpc) is 3.50. The molecule has 2 aliphatic rings. The first kappa shape index (κ1) is 28.1. The molecule has 2 atom stereocenters. The summed E-state index contributed by atoms with van der Waals surface area (Å²) in [6.07, 6.45) is -9.35. The summed E-state index contributed by atoms with van der Waals surface area (Å²) in [7, 11) is 1.36. The third-order valence-electron chi connectivity index (χ3n) is 6.20. The summed E-state index contributed by atoms with van der Waals surface area (Å²) in [6, 6.07) is 6.25. The Morgan fingerprint density at radius 3 is 2.50 bits per heavy atom. The lowest BCUT2D eigenvalue weighted by Crippen LogP contribution is -2.27. The molecule has 1 heterocycles. The van der Waals surface area contributed by atoms with E-state index in [1.807, 2.05) is 6.92 Å². The van der Waals surface area contributed by atoms with Gasteiger partial charge >= 0.3 is 12.4 Å². The highest BCUT2D eigenvalue weighted by atomic mass is 32.2. The molecule has 2 aromatic rings. The molecule has 206 valence electrons. The van der Waals surface area contributed by atoms with Crippen LogP contribution in [0.2, 0.25) is 0 Å². The van der Waals surface area contributed by atoms with Gasteiger partial charge in [0, 0.05) is 18.1 Å². The number of hydrogen-bond acceptors (Lipinski definition) is 6. The monoisotopic (exact) mass is 562 g/mol. The van der Waals surface area contributed by atoms with E-state index in [1.54, 1.807) is 12.1 Å². The number of carbonyl (C=O) groups is 1. The molecule has 1 saturated heterocycles. The summed E-state index contributed by atoms with van der Waals surface area (Å²) in [4.78, 5) is 17.0. The molecule has 0 aromatic heterocycles. The lowest BCUT2D eigenvalue weighted by atomic mass is 10.0. The third-order valence-corrected chi connectivity index (χ3v) is 7.63. The number of rotatable bonds is 9. The molecule has 1 amide bonds. The summed E-state index contributed by atoms with van der Waals surface area (Å²) in [5, 5.41) is 3.32. The van der Waals surface area contributed by atoms with Crippen LogP contribution in [-0.2, 0) is 28.5 Å². The fourth-order valence-corrected chi connectivity index (χ4v) is 5.51. The Labute approximate surface area is 218 Å². The van der Waals surface area contributed by atoms with Gasteiger partial charge < -0.3 is 19.5 Å². The Bertz CT molecular complexity index is 1230. The molecule has 13 heteroatoms. The van der Waals surface area contributed by atoms with E-state index in [9.17, 15) is 31.1 Å². The van der Waals surface area contributed by atoms with Crippen molar-refractivity contribution in [3.05, 3.63) is 58.7 Å². The SMILES string of the molecule is CCOCCN=C1NC(=O)C2(CC2c2ccc(OCc3ccc(C(F)(F)F)cc3C(F)(F)F)c(OC)c2)S1. The van der Waals surface area contributed by atoms with Crippen molar-refractivity contribution < 1.29 is 45.3 Å². The van der Waals surface area contributed by atoms with Crippen molar-refractivity contribution >= 4 is 22.8 Å². The van der Waals surface area contributed by atoms with Gasteiger partial charge in [-0.2, -0.15) is 26.3 Å². The second kappa shape index (κ2) is 10.7. The number of amidine groups is 1. The maximum absolute atomic E-state index is 13.4. The van der Waals surface area contributed by atoms with Crippen molar-refractivity contribution in [1.82, 2.24) is 5.32 Å². The molecule has 4 rings (SSSR count). The summed E-state index contributed by atoms with van der Waals surface area (Å²) in [5.41, 5.74) is -2.50. The largest absolute Gasteiger partial charge is 0.493 e. The first-order valence-corrected chi connectivity index (χ1v) is 12.4. The molecule has 1 N–H and O–H groups in total. The predicted molar refractivity (Wildman–Crippen MR) is 128 cm³/mol. The van der Waals surface area contributed by atoms with Crippen molar-refractivity contribution in [2.75, 3.05) is 26.9 Å². The molecule has 1 saturated carbocycles. The van der Waals surface area contributed by atoms with E-state index >= 15 is 0 Å². The highest BCUT2D eigenvalue weighted by molar-refractivity contribution is 8.16. The van der Waals surface area contributed by atoms with Crippen LogP contribution in [-0.4, -0.2) is 42.7 Å². The van der Waals surface area contributed by atoms with Crippen molar-refractivity contribution in [2.24, 2.45) is 4.99 Å². The van der Waals surface area contributed by atoms with E-state index in [1.165, 1.54) is 24.9 Å². The standard InChI is InChI=1S/C25H24F6N2O4S/c1-3-36-9-8-32-22-33-21(34)23(38-22)12-18(23)14-5-7-19(20(10-14)35-2)37-13-15-4-6-16(24(26,27)28)11-17(15)25(29,30)31/h4-7,10-11,18H,3,8-9,12-13H2,1-2H3,(H,32,33,34). The predicted octanol–water partition coefficient (Wildman–Crippen LogP) is 5.79. The molecule has 6 nitrogen and oxygen atoms in total. The summed E-state index contributed by atoms with van der Waals surface area (Å²) in [5.74, 6) is 0.0467. The van der Waals surface area contributed by atoms with Gasteiger partial charge in [-0.1, -0.05) is 23.9 Å². The summed E-state index contributed by atoms with van der Waals surface area (Å²) >= 11 is 1.36. The van der Waals surface area contributed by atoms with Crippen LogP contribution in [0, 0.1) is 0 Å². The van der Waals surface area contributed by atoms with Crippen molar-refractivity contribution in [3.63, 3.8) is 0 Å². The number of hydrogen-bond donors (Lipinski definition) is 1. The fraction of sp³-hybridized carbons (Fsp3) is 0.440. The highest BCUT2D eigenvalue weighted by Gasteiger charge is 2.65. The van der Waals surface area contributed by atoms with Gasteiger partial charge in [-0.3, -0.25) is 9.79 Å². The first-order chi connectivity index (χ1) is 17.9. The lowest BCUT2D eigenvalue weighted by molar-refractivity contribution is -0.143. The summed E-state index contributed by atoms with van der Waals surface area (Å²) in [6.45, 7) is 2.69. The number of carbonyl (C=O) groups excluding carboxylic acids is 1. The number of benzene rings is 2. The minimum Gasteiger partial charge on any atom is -0.493 e. The number of ether oxygens (including phenoxy) is 3. The zero-order valence-electron chi connectivity index (χ0n) is 20.3. The quantitative estimate of drug-likeness (QED) is 0.310. The van der Waals surface area contributed by atoms with E-state index < -0.39 is 40.4 Å².